The topological polar surface area (TPSA) is 136 Å². The molecular formula is C18H22N4O4S. The fourth-order valence-corrected chi connectivity index (χ4v) is 4.78. The average Bonchev–Trinajstić information content (AvgIpc) is 2.65. The van der Waals surface area contributed by atoms with E-state index in [4.69, 9.17) is 11.5 Å². The number of carbonyl (C=O) groups excluding carboxylic acids is 2. The molecule has 1 fully saturated rings. The summed E-state index contributed by atoms with van der Waals surface area (Å²) in [5.41, 5.74) is 12.4. The highest BCUT2D eigenvalue weighted by Crippen LogP contribution is 2.26. The Labute approximate surface area is 157 Å². The van der Waals surface area contributed by atoms with Crippen molar-refractivity contribution in [2.75, 3.05) is 6.54 Å². The first-order valence-electron chi connectivity index (χ1n) is 8.68. The zero-order chi connectivity index (χ0) is 19.8. The monoisotopic (exact) mass is 390 g/mol. The third-order valence-corrected chi connectivity index (χ3v) is 6.62. The van der Waals surface area contributed by atoms with Crippen LogP contribution in [0.2, 0.25) is 0 Å². The molecule has 1 aromatic carbocycles. The molecule has 2 aromatic rings. The number of carbonyl (C=O) groups is 2. The summed E-state index contributed by atoms with van der Waals surface area (Å²) in [6.45, 7) is 2.10. The van der Waals surface area contributed by atoms with Gasteiger partial charge in [0.05, 0.1) is 10.4 Å². The third kappa shape index (κ3) is 3.52. The second-order valence-electron chi connectivity index (χ2n) is 6.75. The zero-order valence-electron chi connectivity index (χ0n) is 15.0. The minimum atomic E-state index is -4.20. The van der Waals surface area contributed by atoms with Gasteiger partial charge in [-0.3, -0.25) is 14.6 Å². The molecule has 0 aliphatic carbocycles. The highest BCUT2D eigenvalue weighted by molar-refractivity contribution is 7.93. The SMILES string of the molecule is Cc1cnc2c(S(=O)(=O)C(N)C(=O)N3CCCCC3C(N)=O)cccc2c1. The Morgan fingerprint density at radius 3 is 2.74 bits per heavy atom. The maximum Gasteiger partial charge on any atom is 0.256 e. The fourth-order valence-electron chi connectivity index (χ4n) is 3.40. The minimum absolute atomic E-state index is 0.103. The van der Waals surface area contributed by atoms with Gasteiger partial charge in [-0.2, -0.15) is 0 Å². The summed E-state index contributed by atoms with van der Waals surface area (Å²) in [6.07, 6.45) is 3.37. The molecule has 2 amide bonds. The Morgan fingerprint density at radius 1 is 1.30 bits per heavy atom. The molecular weight excluding hydrogens is 368 g/mol. The Kier molecular flexibility index (Phi) is 5.16. The Hall–Kier alpha value is -2.52. The van der Waals surface area contributed by atoms with Crippen molar-refractivity contribution in [2.24, 2.45) is 11.5 Å². The molecule has 3 rings (SSSR count). The van der Waals surface area contributed by atoms with Gasteiger partial charge in [0.25, 0.3) is 5.91 Å². The number of aromatic nitrogens is 1. The second kappa shape index (κ2) is 7.24. The van der Waals surface area contributed by atoms with Gasteiger partial charge < -0.3 is 16.4 Å². The van der Waals surface area contributed by atoms with Crippen LogP contribution in [0.3, 0.4) is 0 Å². The summed E-state index contributed by atoms with van der Waals surface area (Å²) in [4.78, 5) is 29.8. The van der Waals surface area contributed by atoms with Crippen LogP contribution < -0.4 is 11.5 Å². The summed E-state index contributed by atoms with van der Waals surface area (Å²) in [6, 6.07) is 5.69. The highest BCUT2D eigenvalue weighted by atomic mass is 32.2. The number of aryl methyl sites for hydroxylation is 1. The van der Waals surface area contributed by atoms with E-state index < -0.39 is 33.1 Å². The number of primary amides is 1. The second-order valence-corrected chi connectivity index (χ2v) is 8.79. The maximum absolute atomic E-state index is 13.1. The van der Waals surface area contributed by atoms with Crippen LogP contribution in [-0.2, 0) is 19.4 Å². The van der Waals surface area contributed by atoms with Crippen LogP contribution in [0.5, 0.6) is 0 Å². The number of piperidine rings is 1. The number of fused-ring (bicyclic) bond motifs is 1. The lowest BCUT2D eigenvalue weighted by molar-refractivity contribution is -0.140. The number of hydrogen-bond donors (Lipinski definition) is 2. The van der Waals surface area contributed by atoms with E-state index in [-0.39, 0.29) is 17.0 Å². The summed E-state index contributed by atoms with van der Waals surface area (Å²) < 4.78 is 26.1. The lowest BCUT2D eigenvalue weighted by Gasteiger charge is -2.35. The molecule has 2 heterocycles. The van der Waals surface area contributed by atoms with Crippen molar-refractivity contribution in [1.82, 2.24) is 9.88 Å². The third-order valence-electron chi connectivity index (χ3n) is 4.81. The smallest absolute Gasteiger partial charge is 0.256 e. The molecule has 9 heteroatoms. The molecule has 1 aromatic heterocycles. The van der Waals surface area contributed by atoms with Crippen LogP contribution in [0.25, 0.3) is 10.9 Å². The number of likely N-dealkylation sites (tertiary alicyclic amines) is 1. The molecule has 1 aliphatic heterocycles. The van der Waals surface area contributed by atoms with Crippen molar-refractivity contribution in [3.63, 3.8) is 0 Å². The molecule has 2 unspecified atom stereocenters. The largest absolute Gasteiger partial charge is 0.368 e. The normalized spacial score (nSPS) is 19.0. The first-order chi connectivity index (χ1) is 12.7. The molecule has 1 saturated heterocycles. The maximum atomic E-state index is 13.1. The van der Waals surface area contributed by atoms with E-state index in [1.165, 1.54) is 11.0 Å². The first-order valence-corrected chi connectivity index (χ1v) is 10.2. The van der Waals surface area contributed by atoms with Gasteiger partial charge in [0.2, 0.25) is 15.7 Å². The van der Waals surface area contributed by atoms with Gasteiger partial charge >= 0.3 is 0 Å². The van der Waals surface area contributed by atoms with Crippen LogP contribution in [0, 0.1) is 6.92 Å². The Morgan fingerprint density at radius 2 is 2.04 bits per heavy atom. The molecule has 27 heavy (non-hydrogen) atoms. The van der Waals surface area contributed by atoms with Crippen molar-refractivity contribution in [3.05, 3.63) is 36.0 Å². The first kappa shape index (κ1) is 19.2. The average molecular weight is 390 g/mol. The number of rotatable bonds is 4. The predicted octanol–water partition coefficient (Wildman–Crippen LogP) is 0.468. The Bertz CT molecular complexity index is 1010. The minimum Gasteiger partial charge on any atom is -0.368 e. The summed E-state index contributed by atoms with van der Waals surface area (Å²) >= 11 is 0. The molecule has 0 spiro atoms. The van der Waals surface area contributed by atoms with Crippen molar-refractivity contribution in [3.8, 4) is 0 Å². The van der Waals surface area contributed by atoms with Crippen LogP contribution in [0.15, 0.2) is 35.4 Å². The Balaban J connectivity index is 1.99. The van der Waals surface area contributed by atoms with Gasteiger partial charge in [0.1, 0.15) is 6.04 Å². The molecule has 1 aliphatic rings. The van der Waals surface area contributed by atoms with Gasteiger partial charge in [0, 0.05) is 18.1 Å². The predicted molar refractivity (Wildman–Crippen MR) is 100 cm³/mol. The van der Waals surface area contributed by atoms with Crippen molar-refractivity contribution in [2.45, 2.75) is 42.5 Å². The van der Waals surface area contributed by atoms with Gasteiger partial charge in [0.15, 0.2) is 5.37 Å². The number of nitrogens with zero attached hydrogens (tertiary/aromatic N) is 2. The van der Waals surface area contributed by atoms with E-state index in [2.05, 4.69) is 4.98 Å². The number of para-hydroxylation sites is 1. The standard InChI is InChI=1S/C18H22N4O4S/c1-11-9-12-5-4-7-14(15(12)21-10-11)27(25,26)17(20)18(24)22-8-3-2-6-13(22)16(19)23/h4-5,7,9-10,13,17H,2-3,6,8,20H2,1H3,(H2,19,23). The van der Waals surface area contributed by atoms with E-state index in [1.54, 1.807) is 18.3 Å². The van der Waals surface area contributed by atoms with Crippen molar-refractivity contribution < 1.29 is 18.0 Å². The summed E-state index contributed by atoms with van der Waals surface area (Å²) in [5.74, 6) is -1.47. The molecule has 144 valence electrons. The molecule has 8 nitrogen and oxygen atoms in total. The van der Waals surface area contributed by atoms with Gasteiger partial charge in [-0.15, -0.1) is 0 Å². The summed E-state index contributed by atoms with van der Waals surface area (Å²) in [7, 11) is -4.20. The van der Waals surface area contributed by atoms with Crippen molar-refractivity contribution in [1.29, 1.82) is 0 Å². The lowest BCUT2D eigenvalue weighted by atomic mass is 10.0. The zero-order valence-corrected chi connectivity index (χ0v) is 15.8. The summed E-state index contributed by atoms with van der Waals surface area (Å²) in [5, 5.41) is -1.19. The number of hydrogen-bond acceptors (Lipinski definition) is 6. The molecule has 0 saturated carbocycles. The quantitative estimate of drug-likeness (QED) is 0.778. The molecule has 2 atom stereocenters. The van der Waals surface area contributed by atoms with E-state index >= 15 is 0 Å². The van der Waals surface area contributed by atoms with Crippen LogP contribution in [0.4, 0.5) is 0 Å². The van der Waals surface area contributed by atoms with Crippen molar-refractivity contribution >= 4 is 32.6 Å². The molecule has 4 N–H and O–H groups in total. The van der Waals surface area contributed by atoms with Crippen LogP contribution >= 0.6 is 0 Å². The fraction of sp³-hybridized carbons (Fsp3) is 0.389. The highest BCUT2D eigenvalue weighted by Gasteiger charge is 2.39. The van der Waals surface area contributed by atoms with E-state index in [1.807, 2.05) is 13.0 Å². The molecule has 0 bridgehead atoms. The lowest BCUT2D eigenvalue weighted by Crippen LogP contribution is -2.56. The number of benzene rings is 1. The van der Waals surface area contributed by atoms with Gasteiger partial charge in [-0.05, 0) is 43.9 Å². The number of sulfone groups is 1. The van der Waals surface area contributed by atoms with E-state index in [0.29, 0.717) is 18.2 Å². The number of pyridine rings is 1. The van der Waals surface area contributed by atoms with E-state index in [9.17, 15) is 18.0 Å². The van der Waals surface area contributed by atoms with Crippen LogP contribution in [-0.4, -0.2) is 48.1 Å². The van der Waals surface area contributed by atoms with Gasteiger partial charge in [-0.1, -0.05) is 12.1 Å². The van der Waals surface area contributed by atoms with Gasteiger partial charge in [-0.25, -0.2) is 8.42 Å². The van der Waals surface area contributed by atoms with Crippen LogP contribution in [0.1, 0.15) is 24.8 Å². The number of nitrogens with two attached hydrogens (primary N) is 2. The molecule has 0 radical (unpaired) electrons. The van der Waals surface area contributed by atoms with E-state index in [0.717, 1.165) is 12.0 Å². The number of amides is 2.